The van der Waals surface area contributed by atoms with Gasteiger partial charge >= 0.3 is 6.09 Å². The van der Waals surface area contributed by atoms with Crippen LogP contribution in [0.4, 0.5) is 4.79 Å². The van der Waals surface area contributed by atoms with Gasteiger partial charge in [-0.1, -0.05) is 0 Å². The van der Waals surface area contributed by atoms with Crippen molar-refractivity contribution in [1.82, 2.24) is 25.0 Å². The zero-order valence-corrected chi connectivity index (χ0v) is 15.4. The Balaban J connectivity index is 1.74. The Morgan fingerprint density at radius 2 is 2.12 bits per heavy atom. The summed E-state index contributed by atoms with van der Waals surface area (Å²) in [5.41, 5.74) is -0.510. The number of aryl methyl sites for hydroxylation is 1. The lowest BCUT2D eigenvalue weighted by Crippen LogP contribution is -2.50. The minimum absolute atomic E-state index is 0.00265. The lowest BCUT2D eigenvalue weighted by molar-refractivity contribution is -0.121. The molecule has 0 bridgehead atoms. The van der Waals surface area contributed by atoms with Crippen molar-refractivity contribution in [3.05, 3.63) is 12.7 Å². The molecule has 0 aliphatic carbocycles. The van der Waals surface area contributed by atoms with Crippen molar-refractivity contribution in [3.8, 4) is 0 Å². The second-order valence-corrected chi connectivity index (χ2v) is 7.39. The molecule has 0 saturated carbocycles. The normalized spacial score (nSPS) is 18.0. The Kier molecular flexibility index (Phi) is 6.78. The molecule has 0 radical (unpaired) electrons. The van der Waals surface area contributed by atoms with E-state index >= 15 is 0 Å². The zero-order chi connectivity index (χ0) is 18.3. The molecular formula is C17H29N5O3. The molecule has 25 heavy (non-hydrogen) atoms. The fourth-order valence-corrected chi connectivity index (χ4v) is 2.84. The number of carbonyl (C=O) groups is 2. The number of carbonyl (C=O) groups excluding carboxylic acids is 2. The number of hydrogen-bond acceptors (Lipinski definition) is 5. The highest BCUT2D eigenvalue weighted by Crippen LogP contribution is 2.20. The topological polar surface area (TPSA) is 89.4 Å². The van der Waals surface area contributed by atoms with E-state index in [-0.39, 0.29) is 18.0 Å². The number of amides is 2. The van der Waals surface area contributed by atoms with Gasteiger partial charge in [0.1, 0.15) is 18.3 Å². The van der Waals surface area contributed by atoms with Crippen LogP contribution in [0.5, 0.6) is 0 Å². The van der Waals surface area contributed by atoms with E-state index in [1.807, 2.05) is 20.8 Å². The Labute approximate surface area is 148 Å². The first-order valence-electron chi connectivity index (χ1n) is 8.94. The lowest BCUT2D eigenvalue weighted by Gasteiger charge is -2.36. The van der Waals surface area contributed by atoms with E-state index in [0.717, 1.165) is 19.3 Å². The predicted molar refractivity (Wildman–Crippen MR) is 92.8 cm³/mol. The average Bonchev–Trinajstić information content (AvgIpc) is 3.05. The van der Waals surface area contributed by atoms with Gasteiger partial charge in [0.15, 0.2) is 0 Å². The van der Waals surface area contributed by atoms with Gasteiger partial charge in [0.25, 0.3) is 0 Å². The van der Waals surface area contributed by atoms with E-state index in [2.05, 4.69) is 15.4 Å². The smallest absolute Gasteiger partial charge is 0.410 e. The molecule has 1 atom stereocenters. The Morgan fingerprint density at radius 3 is 2.80 bits per heavy atom. The molecule has 8 heteroatoms. The number of hydrogen-bond donors (Lipinski definition) is 1. The highest BCUT2D eigenvalue weighted by molar-refractivity contribution is 5.76. The monoisotopic (exact) mass is 351 g/mol. The van der Waals surface area contributed by atoms with Gasteiger partial charge in [-0.25, -0.2) is 9.78 Å². The average molecular weight is 351 g/mol. The molecule has 1 fully saturated rings. The fourth-order valence-electron chi connectivity index (χ4n) is 2.84. The summed E-state index contributed by atoms with van der Waals surface area (Å²) >= 11 is 0. The number of likely N-dealkylation sites (tertiary alicyclic amines) is 1. The first-order chi connectivity index (χ1) is 11.8. The zero-order valence-electron chi connectivity index (χ0n) is 15.4. The van der Waals surface area contributed by atoms with Crippen LogP contribution in [-0.2, 0) is 16.1 Å². The molecule has 2 rings (SSSR count). The van der Waals surface area contributed by atoms with Gasteiger partial charge < -0.3 is 15.0 Å². The molecule has 1 N–H and O–H groups in total. The van der Waals surface area contributed by atoms with Gasteiger partial charge in [-0.2, -0.15) is 5.10 Å². The van der Waals surface area contributed by atoms with Crippen molar-refractivity contribution in [2.24, 2.45) is 0 Å². The summed E-state index contributed by atoms with van der Waals surface area (Å²) < 4.78 is 7.19. The molecule has 1 saturated heterocycles. The molecule has 2 amide bonds. The Bertz CT molecular complexity index is 553. The highest BCUT2D eigenvalue weighted by atomic mass is 16.6. The SMILES string of the molecule is CC(C)(C)OC(=O)N1CCCCC1CNC(=O)CCCn1cncn1. The summed E-state index contributed by atoms with van der Waals surface area (Å²) in [6.45, 7) is 7.41. The molecule has 1 unspecified atom stereocenters. The van der Waals surface area contributed by atoms with Crippen molar-refractivity contribution >= 4 is 12.0 Å². The van der Waals surface area contributed by atoms with Gasteiger partial charge in [0.05, 0.1) is 6.04 Å². The van der Waals surface area contributed by atoms with Crippen LogP contribution in [0.2, 0.25) is 0 Å². The van der Waals surface area contributed by atoms with Crippen molar-refractivity contribution in [1.29, 1.82) is 0 Å². The van der Waals surface area contributed by atoms with E-state index in [9.17, 15) is 9.59 Å². The third-order valence-electron chi connectivity index (χ3n) is 4.05. The molecule has 1 aromatic heterocycles. The van der Waals surface area contributed by atoms with Gasteiger partial charge in [0.2, 0.25) is 5.91 Å². The van der Waals surface area contributed by atoms with E-state index in [4.69, 9.17) is 4.74 Å². The predicted octanol–water partition coefficient (Wildman–Crippen LogP) is 1.96. The Morgan fingerprint density at radius 1 is 1.32 bits per heavy atom. The van der Waals surface area contributed by atoms with Crippen LogP contribution in [0.15, 0.2) is 12.7 Å². The number of nitrogens with one attached hydrogen (secondary N) is 1. The van der Waals surface area contributed by atoms with E-state index in [1.165, 1.54) is 6.33 Å². The van der Waals surface area contributed by atoms with Crippen LogP contribution in [0.1, 0.15) is 52.9 Å². The molecule has 2 heterocycles. The molecule has 8 nitrogen and oxygen atoms in total. The highest BCUT2D eigenvalue weighted by Gasteiger charge is 2.30. The molecule has 1 aliphatic rings. The van der Waals surface area contributed by atoms with Crippen molar-refractivity contribution in [2.45, 2.75) is 71.1 Å². The molecule has 0 spiro atoms. The molecule has 1 aliphatic heterocycles. The molecule has 1 aromatic rings. The van der Waals surface area contributed by atoms with E-state index < -0.39 is 5.60 Å². The standard InChI is InChI=1S/C17H29N5O3/c1-17(2,3)25-16(24)22-10-5-4-7-14(22)11-19-15(23)8-6-9-21-13-18-12-20-21/h12-14H,4-11H2,1-3H3,(H,19,23). The molecule has 0 aromatic carbocycles. The number of aromatic nitrogens is 3. The minimum Gasteiger partial charge on any atom is -0.444 e. The maximum atomic E-state index is 12.3. The first-order valence-corrected chi connectivity index (χ1v) is 8.94. The summed E-state index contributed by atoms with van der Waals surface area (Å²) in [6, 6.07) is 0.00265. The first kappa shape index (κ1) is 19.2. The van der Waals surface area contributed by atoms with Crippen LogP contribution in [0, 0.1) is 0 Å². The summed E-state index contributed by atoms with van der Waals surface area (Å²) in [7, 11) is 0. The third-order valence-corrected chi connectivity index (χ3v) is 4.05. The van der Waals surface area contributed by atoms with Gasteiger partial charge in [-0.15, -0.1) is 0 Å². The summed E-state index contributed by atoms with van der Waals surface area (Å²) in [6.07, 6.45) is 6.88. The molecule has 140 valence electrons. The van der Waals surface area contributed by atoms with Gasteiger partial charge in [-0.05, 0) is 46.5 Å². The number of rotatable bonds is 6. The quantitative estimate of drug-likeness (QED) is 0.846. The second-order valence-electron chi connectivity index (χ2n) is 7.39. The fraction of sp³-hybridized carbons (Fsp3) is 0.765. The van der Waals surface area contributed by atoms with E-state index in [1.54, 1.807) is 15.9 Å². The van der Waals surface area contributed by atoms with Crippen LogP contribution in [0.25, 0.3) is 0 Å². The second kappa shape index (κ2) is 8.82. The van der Waals surface area contributed by atoms with Crippen LogP contribution >= 0.6 is 0 Å². The van der Waals surface area contributed by atoms with Crippen LogP contribution in [-0.4, -0.2) is 56.4 Å². The van der Waals surface area contributed by atoms with Crippen molar-refractivity contribution in [2.75, 3.05) is 13.1 Å². The summed E-state index contributed by atoms with van der Waals surface area (Å²) in [4.78, 5) is 30.0. The van der Waals surface area contributed by atoms with Gasteiger partial charge in [0, 0.05) is 26.1 Å². The maximum Gasteiger partial charge on any atom is 0.410 e. The van der Waals surface area contributed by atoms with Crippen molar-refractivity contribution in [3.63, 3.8) is 0 Å². The third kappa shape index (κ3) is 6.72. The van der Waals surface area contributed by atoms with Crippen LogP contribution < -0.4 is 5.32 Å². The Hall–Kier alpha value is -2.12. The minimum atomic E-state index is -0.510. The van der Waals surface area contributed by atoms with Crippen LogP contribution in [0.3, 0.4) is 0 Å². The largest absolute Gasteiger partial charge is 0.444 e. The van der Waals surface area contributed by atoms with E-state index in [0.29, 0.717) is 32.5 Å². The van der Waals surface area contributed by atoms with Crippen molar-refractivity contribution < 1.29 is 14.3 Å². The van der Waals surface area contributed by atoms with Gasteiger partial charge in [-0.3, -0.25) is 9.48 Å². The lowest BCUT2D eigenvalue weighted by atomic mass is 10.0. The maximum absolute atomic E-state index is 12.3. The summed E-state index contributed by atoms with van der Waals surface area (Å²) in [5.74, 6) is -0.00479. The number of nitrogens with zero attached hydrogens (tertiary/aromatic N) is 4. The molecular weight excluding hydrogens is 322 g/mol. The number of ether oxygens (including phenoxy) is 1. The number of piperidine rings is 1. The summed E-state index contributed by atoms with van der Waals surface area (Å²) in [5, 5.41) is 6.95.